The Balaban J connectivity index is 1.65. The molecule has 134 valence electrons. The number of nitriles is 1. The first-order chi connectivity index (χ1) is 12.8. The van der Waals surface area contributed by atoms with Crippen molar-refractivity contribution >= 4 is 5.91 Å². The van der Waals surface area contributed by atoms with E-state index in [2.05, 4.69) is 11.1 Å². The van der Waals surface area contributed by atoms with Gasteiger partial charge in [-0.25, -0.2) is 0 Å². The molecule has 0 N–H and O–H groups in total. The molecule has 1 atom stereocenters. The lowest BCUT2D eigenvalue weighted by Gasteiger charge is -2.30. The van der Waals surface area contributed by atoms with Gasteiger partial charge in [0.15, 0.2) is 6.61 Å². The molecule has 26 heavy (non-hydrogen) atoms. The summed E-state index contributed by atoms with van der Waals surface area (Å²) in [6.07, 6.45) is 8.20. The minimum absolute atomic E-state index is 0.00909. The molecule has 1 aliphatic heterocycles. The van der Waals surface area contributed by atoms with Gasteiger partial charge in [-0.15, -0.1) is 0 Å². The topological polar surface area (TPSA) is 66.2 Å². The molecule has 1 saturated heterocycles. The van der Waals surface area contributed by atoms with E-state index in [1.807, 2.05) is 41.3 Å². The molecule has 0 spiro atoms. The van der Waals surface area contributed by atoms with Crippen LogP contribution >= 0.6 is 0 Å². The highest BCUT2D eigenvalue weighted by Crippen LogP contribution is 2.30. The van der Waals surface area contributed by atoms with Crippen LogP contribution in [0.15, 0.2) is 48.8 Å². The van der Waals surface area contributed by atoms with Gasteiger partial charge in [0, 0.05) is 18.9 Å². The van der Waals surface area contributed by atoms with Gasteiger partial charge in [-0.2, -0.15) is 5.26 Å². The number of carbonyl (C=O) groups excluding carboxylic acids is 1. The van der Waals surface area contributed by atoms with Gasteiger partial charge in [-0.1, -0.05) is 25.0 Å². The van der Waals surface area contributed by atoms with E-state index in [1.54, 1.807) is 12.4 Å². The van der Waals surface area contributed by atoms with Crippen LogP contribution in [0.25, 0.3) is 0 Å². The minimum atomic E-state index is 0.00909. The van der Waals surface area contributed by atoms with Gasteiger partial charge >= 0.3 is 0 Å². The van der Waals surface area contributed by atoms with Crippen molar-refractivity contribution in [2.24, 2.45) is 0 Å². The van der Waals surface area contributed by atoms with Crippen molar-refractivity contribution in [1.82, 2.24) is 9.88 Å². The van der Waals surface area contributed by atoms with E-state index < -0.39 is 0 Å². The number of rotatable bonds is 5. The second kappa shape index (κ2) is 9.00. The van der Waals surface area contributed by atoms with Crippen molar-refractivity contribution in [3.05, 3.63) is 59.9 Å². The van der Waals surface area contributed by atoms with Crippen molar-refractivity contribution < 1.29 is 9.53 Å². The summed E-state index contributed by atoms with van der Waals surface area (Å²) >= 11 is 0. The van der Waals surface area contributed by atoms with Crippen molar-refractivity contribution in [1.29, 1.82) is 5.26 Å². The van der Waals surface area contributed by atoms with E-state index in [9.17, 15) is 4.79 Å². The van der Waals surface area contributed by atoms with Crippen LogP contribution < -0.4 is 4.74 Å². The standard InChI is InChI=1S/C21H23N3O2/c22-12-9-17-5-7-19(8-6-17)26-16-21(25)24-15-3-1-2-4-20(24)18-10-13-23-14-11-18/h5-8,10-11,13-14,20H,1-4,9,15-16H2. The maximum Gasteiger partial charge on any atom is 0.261 e. The molecule has 0 saturated carbocycles. The van der Waals surface area contributed by atoms with E-state index in [0.29, 0.717) is 12.2 Å². The van der Waals surface area contributed by atoms with Crippen LogP contribution in [-0.4, -0.2) is 28.9 Å². The van der Waals surface area contributed by atoms with E-state index in [4.69, 9.17) is 10.00 Å². The van der Waals surface area contributed by atoms with Crippen molar-refractivity contribution in [2.45, 2.75) is 38.1 Å². The summed E-state index contributed by atoms with van der Waals surface area (Å²) in [5.74, 6) is 0.658. The van der Waals surface area contributed by atoms with E-state index >= 15 is 0 Å². The Bertz CT molecular complexity index is 753. The number of benzene rings is 1. The molecule has 3 rings (SSSR count). The third-order valence-electron chi connectivity index (χ3n) is 4.73. The first kappa shape index (κ1) is 17.9. The lowest BCUT2D eigenvalue weighted by molar-refractivity contribution is -0.135. The normalized spacial score (nSPS) is 17.2. The Morgan fingerprint density at radius 1 is 1.15 bits per heavy atom. The SMILES string of the molecule is N#CCc1ccc(OCC(=O)N2CCCCCC2c2ccncc2)cc1. The average Bonchev–Trinajstić information content (AvgIpc) is 2.94. The largest absolute Gasteiger partial charge is 0.484 e. The molecule has 1 unspecified atom stereocenters. The second-order valence-corrected chi connectivity index (χ2v) is 6.50. The van der Waals surface area contributed by atoms with Gasteiger partial charge in [-0.3, -0.25) is 9.78 Å². The van der Waals surface area contributed by atoms with Gasteiger partial charge < -0.3 is 9.64 Å². The molecule has 2 aromatic rings. The Morgan fingerprint density at radius 3 is 2.65 bits per heavy atom. The monoisotopic (exact) mass is 349 g/mol. The zero-order valence-electron chi connectivity index (χ0n) is 14.8. The molecule has 5 nitrogen and oxygen atoms in total. The van der Waals surface area contributed by atoms with Gasteiger partial charge in [-0.05, 0) is 48.2 Å². The fourth-order valence-electron chi connectivity index (χ4n) is 3.36. The van der Waals surface area contributed by atoms with Gasteiger partial charge in [0.25, 0.3) is 5.91 Å². The summed E-state index contributed by atoms with van der Waals surface area (Å²) in [6, 6.07) is 13.5. The third kappa shape index (κ3) is 4.60. The number of hydrogen-bond donors (Lipinski definition) is 0. The highest BCUT2D eigenvalue weighted by molar-refractivity contribution is 5.78. The summed E-state index contributed by atoms with van der Waals surface area (Å²) in [7, 11) is 0. The van der Waals surface area contributed by atoms with Crippen LogP contribution in [-0.2, 0) is 11.2 Å². The first-order valence-electron chi connectivity index (χ1n) is 9.06. The highest BCUT2D eigenvalue weighted by atomic mass is 16.5. The molecule has 1 fully saturated rings. The molecule has 5 heteroatoms. The lowest BCUT2D eigenvalue weighted by Crippen LogP contribution is -2.38. The third-order valence-corrected chi connectivity index (χ3v) is 4.73. The molecule has 0 radical (unpaired) electrons. The lowest BCUT2D eigenvalue weighted by atomic mass is 10.0. The number of ether oxygens (including phenoxy) is 1. The number of carbonyl (C=O) groups is 1. The fraction of sp³-hybridized carbons (Fsp3) is 0.381. The van der Waals surface area contributed by atoms with Crippen molar-refractivity contribution in [3.63, 3.8) is 0 Å². The zero-order chi connectivity index (χ0) is 18.2. The summed E-state index contributed by atoms with van der Waals surface area (Å²) < 4.78 is 5.69. The zero-order valence-corrected chi connectivity index (χ0v) is 14.8. The Hall–Kier alpha value is -2.87. The fourth-order valence-corrected chi connectivity index (χ4v) is 3.36. The molecule has 1 aliphatic rings. The summed E-state index contributed by atoms with van der Waals surface area (Å²) in [5.41, 5.74) is 2.08. The molecule has 0 aliphatic carbocycles. The maximum atomic E-state index is 12.8. The molecular formula is C21H23N3O2. The quantitative estimate of drug-likeness (QED) is 0.826. The predicted octanol–water partition coefficient (Wildman–Crippen LogP) is 3.67. The Morgan fingerprint density at radius 2 is 1.92 bits per heavy atom. The van der Waals surface area contributed by atoms with E-state index in [-0.39, 0.29) is 18.6 Å². The van der Waals surface area contributed by atoms with E-state index in [0.717, 1.165) is 43.4 Å². The van der Waals surface area contributed by atoms with Gasteiger partial charge in [0.2, 0.25) is 0 Å². The number of amides is 1. The number of pyridine rings is 1. The Labute approximate surface area is 154 Å². The summed E-state index contributed by atoms with van der Waals surface area (Å²) in [6.45, 7) is 0.787. The number of aromatic nitrogens is 1. The summed E-state index contributed by atoms with van der Waals surface area (Å²) in [5, 5.41) is 8.72. The number of nitrogens with zero attached hydrogens (tertiary/aromatic N) is 3. The molecule has 1 amide bonds. The highest BCUT2D eigenvalue weighted by Gasteiger charge is 2.26. The predicted molar refractivity (Wildman–Crippen MR) is 98.4 cm³/mol. The average molecular weight is 349 g/mol. The van der Waals surface area contributed by atoms with E-state index in [1.165, 1.54) is 0 Å². The number of hydrogen-bond acceptors (Lipinski definition) is 4. The molecule has 1 aromatic heterocycles. The molecule has 0 bridgehead atoms. The van der Waals surface area contributed by atoms with Crippen LogP contribution in [0.3, 0.4) is 0 Å². The van der Waals surface area contributed by atoms with Gasteiger partial charge in [0.1, 0.15) is 5.75 Å². The van der Waals surface area contributed by atoms with Crippen molar-refractivity contribution in [2.75, 3.05) is 13.2 Å². The molecule has 1 aromatic carbocycles. The van der Waals surface area contributed by atoms with Crippen molar-refractivity contribution in [3.8, 4) is 11.8 Å². The van der Waals surface area contributed by atoms with Crippen LogP contribution in [0, 0.1) is 11.3 Å². The van der Waals surface area contributed by atoms with Gasteiger partial charge in [0.05, 0.1) is 18.5 Å². The summed E-state index contributed by atoms with van der Waals surface area (Å²) in [4.78, 5) is 18.9. The minimum Gasteiger partial charge on any atom is -0.484 e. The molecule has 2 heterocycles. The number of likely N-dealkylation sites (tertiary alicyclic amines) is 1. The van der Waals surface area contributed by atoms with Crippen LogP contribution in [0.1, 0.15) is 42.9 Å². The first-order valence-corrected chi connectivity index (χ1v) is 9.06. The van der Waals surface area contributed by atoms with Crippen LogP contribution in [0.5, 0.6) is 5.75 Å². The molecular weight excluding hydrogens is 326 g/mol. The Kier molecular flexibility index (Phi) is 6.21. The van der Waals surface area contributed by atoms with Crippen LogP contribution in [0.2, 0.25) is 0 Å². The van der Waals surface area contributed by atoms with Crippen LogP contribution in [0.4, 0.5) is 0 Å². The second-order valence-electron chi connectivity index (χ2n) is 6.50. The smallest absolute Gasteiger partial charge is 0.261 e. The maximum absolute atomic E-state index is 12.8.